The summed E-state index contributed by atoms with van der Waals surface area (Å²) in [5.74, 6) is 0. The topological polar surface area (TPSA) is 92.1 Å². The van der Waals surface area contributed by atoms with Gasteiger partial charge in [-0.05, 0) is 18.2 Å². The number of rotatable bonds is 7. The maximum atomic E-state index is 11.7. The smallest absolute Gasteiger partial charge is 0.167 e. The zero-order valence-corrected chi connectivity index (χ0v) is 16.3. The van der Waals surface area contributed by atoms with E-state index >= 15 is 0 Å². The highest BCUT2D eigenvalue weighted by Gasteiger charge is 2.18. The molecule has 0 saturated heterocycles. The molecule has 0 aliphatic rings. The molecule has 0 aliphatic carbocycles. The summed E-state index contributed by atoms with van der Waals surface area (Å²) < 4.78 is 2.77. The summed E-state index contributed by atoms with van der Waals surface area (Å²) in [6.07, 6.45) is 6.74. The van der Waals surface area contributed by atoms with E-state index < -0.39 is 0 Å². The van der Waals surface area contributed by atoms with Gasteiger partial charge >= 0.3 is 0 Å². The number of hydrazone groups is 1. The van der Waals surface area contributed by atoms with Crippen molar-refractivity contribution in [2.75, 3.05) is 7.05 Å². The van der Waals surface area contributed by atoms with Crippen LogP contribution in [0.25, 0.3) is 10.3 Å². The zero-order chi connectivity index (χ0) is 19.5. The second-order valence-electron chi connectivity index (χ2n) is 6.38. The van der Waals surface area contributed by atoms with Crippen LogP contribution in [0.1, 0.15) is 32.4 Å². The lowest BCUT2D eigenvalue weighted by Crippen LogP contribution is -2.12. The van der Waals surface area contributed by atoms with Gasteiger partial charge in [-0.1, -0.05) is 6.07 Å². The van der Waals surface area contributed by atoms with E-state index in [2.05, 4.69) is 20.3 Å². The highest BCUT2D eigenvalue weighted by atomic mass is 32.1. The minimum absolute atomic E-state index is 0.567. The van der Waals surface area contributed by atoms with Crippen LogP contribution in [0.3, 0.4) is 0 Å². The highest BCUT2D eigenvalue weighted by Crippen LogP contribution is 2.30. The fourth-order valence-corrected chi connectivity index (χ4v) is 4.12. The van der Waals surface area contributed by atoms with Crippen LogP contribution in [0.2, 0.25) is 0 Å². The molecule has 4 rings (SSSR count). The number of fused-ring (bicyclic) bond motifs is 1. The first-order chi connectivity index (χ1) is 13.7. The number of nitrogens with one attached hydrogen (secondary N) is 1. The van der Waals surface area contributed by atoms with E-state index in [9.17, 15) is 4.79 Å². The number of nitrogens with zero attached hydrogens (tertiary/aromatic N) is 6. The van der Waals surface area contributed by atoms with E-state index in [-0.39, 0.29) is 0 Å². The molecule has 9 heteroatoms. The van der Waals surface area contributed by atoms with Gasteiger partial charge in [0, 0.05) is 44.2 Å². The number of thiazole rings is 1. The predicted octanol–water partition coefficient (Wildman–Crippen LogP) is 2.62. The predicted molar refractivity (Wildman–Crippen MR) is 109 cm³/mol. The van der Waals surface area contributed by atoms with E-state index in [0.717, 1.165) is 38.6 Å². The Balaban J connectivity index is 1.62. The molecule has 142 valence electrons. The van der Waals surface area contributed by atoms with E-state index in [1.165, 1.54) is 0 Å². The lowest BCUT2D eigenvalue weighted by atomic mass is 10.3. The molecule has 4 aromatic rings. The van der Waals surface area contributed by atoms with Gasteiger partial charge in [-0.25, -0.2) is 4.98 Å². The van der Waals surface area contributed by atoms with E-state index in [4.69, 9.17) is 4.98 Å². The summed E-state index contributed by atoms with van der Waals surface area (Å²) in [4.78, 5) is 20.7. The summed E-state index contributed by atoms with van der Waals surface area (Å²) in [6.45, 7) is 0.581. The minimum Gasteiger partial charge on any atom is -0.325 e. The Labute approximate surface area is 165 Å². The van der Waals surface area contributed by atoms with Crippen molar-refractivity contribution < 1.29 is 4.79 Å². The first-order valence-corrected chi connectivity index (χ1v) is 9.54. The molecule has 0 saturated carbocycles. The van der Waals surface area contributed by atoms with Crippen molar-refractivity contribution in [2.24, 2.45) is 12.1 Å². The van der Waals surface area contributed by atoms with Crippen LogP contribution in [0.15, 0.2) is 41.8 Å². The maximum Gasteiger partial charge on any atom is 0.167 e. The van der Waals surface area contributed by atoms with Crippen LogP contribution in [-0.2, 0) is 20.0 Å². The number of aldehydes is 1. The number of hydrogen-bond acceptors (Lipinski definition) is 7. The molecule has 0 amide bonds. The molecule has 1 N–H and O–H groups in total. The molecule has 0 radical (unpaired) electrons. The van der Waals surface area contributed by atoms with Gasteiger partial charge < -0.3 is 4.57 Å². The molecular weight excluding hydrogens is 374 g/mol. The standard InChI is InChI=1S/C19H19N7OS/c1-25(11-14-5-3-4-7-20-14)22-10-15-16(12-27)26(2)19-18(15)28-17(23-19)9-13-6-8-21-24-13/h3-8,10,12H,9,11H2,1-2H3,(H,21,24)/b22-10-. The van der Waals surface area contributed by atoms with Gasteiger partial charge in [-0.2, -0.15) is 10.2 Å². The Morgan fingerprint density at radius 3 is 2.93 bits per heavy atom. The van der Waals surface area contributed by atoms with Crippen molar-refractivity contribution in [1.29, 1.82) is 0 Å². The first kappa shape index (κ1) is 18.1. The van der Waals surface area contributed by atoms with E-state index in [0.29, 0.717) is 18.7 Å². The Morgan fingerprint density at radius 1 is 1.32 bits per heavy atom. The Bertz CT molecular complexity index is 1110. The highest BCUT2D eigenvalue weighted by molar-refractivity contribution is 7.19. The van der Waals surface area contributed by atoms with E-state index in [1.54, 1.807) is 35.0 Å². The number of aromatic nitrogens is 5. The molecule has 0 aliphatic heterocycles. The Morgan fingerprint density at radius 2 is 2.21 bits per heavy atom. The van der Waals surface area contributed by atoms with Gasteiger partial charge in [0.1, 0.15) is 5.01 Å². The SMILES string of the molecule is CN(Cc1ccccn1)/N=C\c1c(C=O)n(C)c2nc(Cc3ccn[nH]3)sc12. The van der Waals surface area contributed by atoms with Crippen molar-refractivity contribution in [1.82, 2.24) is 29.7 Å². The van der Waals surface area contributed by atoms with Gasteiger partial charge in [0.25, 0.3) is 0 Å². The second kappa shape index (κ2) is 7.73. The minimum atomic E-state index is 0.567. The van der Waals surface area contributed by atoms with Gasteiger partial charge in [0.05, 0.1) is 28.8 Å². The molecule has 28 heavy (non-hydrogen) atoms. The number of carbonyl (C=O) groups is 1. The van der Waals surface area contributed by atoms with Crippen LogP contribution in [0.4, 0.5) is 0 Å². The van der Waals surface area contributed by atoms with Gasteiger partial charge in [-0.3, -0.25) is 19.9 Å². The molecule has 4 aromatic heterocycles. The zero-order valence-electron chi connectivity index (χ0n) is 15.5. The first-order valence-electron chi connectivity index (χ1n) is 8.72. The number of carbonyl (C=O) groups excluding carboxylic acids is 1. The molecule has 0 bridgehead atoms. The average molecular weight is 393 g/mol. The van der Waals surface area contributed by atoms with Crippen LogP contribution >= 0.6 is 11.3 Å². The van der Waals surface area contributed by atoms with Crippen molar-refractivity contribution in [3.63, 3.8) is 0 Å². The third-order valence-corrected chi connectivity index (χ3v) is 5.44. The van der Waals surface area contributed by atoms with Crippen LogP contribution in [-0.4, -0.2) is 49.3 Å². The van der Waals surface area contributed by atoms with Crippen LogP contribution < -0.4 is 0 Å². The molecule has 0 aromatic carbocycles. The fourth-order valence-electron chi connectivity index (χ4n) is 2.98. The quantitative estimate of drug-likeness (QED) is 0.296. The summed E-state index contributed by atoms with van der Waals surface area (Å²) in [6, 6.07) is 7.71. The van der Waals surface area contributed by atoms with Gasteiger partial charge in [0.15, 0.2) is 11.9 Å². The average Bonchev–Trinajstić information content (AvgIpc) is 3.40. The van der Waals surface area contributed by atoms with Crippen molar-refractivity contribution in [3.05, 3.63) is 64.3 Å². The summed E-state index contributed by atoms with van der Waals surface area (Å²) >= 11 is 1.57. The third-order valence-electron chi connectivity index (χ3n) is 4.37. The van der Waals surface area contributed by atoms with Gasteiger partial charge in [0.2, 0.25) is 0 Å². The summed E-state index contributed by atoms with van der Waals surface area (Å²) in [5.41, 5.74) is 4.07. The monoisotopic (exact) mass is 393 g/mol. The van der Waals surface area contributed by atoms with Crippen LogP contribution in [0.5, 0.6) is 0 Å². The molecule has 4 heterocycles. The number of aryl methyl sites for hydroxylation is 1. The van der Waals surface area contributed by atoms with Crippen molar-refractivity contribution >= 4 is 34.2 Å². The van der Waals surface area contributed by atoms with Crippen molar-refractivity contribution in [3.8, 4) is 0 Å². The van der Waals surface area contributed by atoms with Crippen molar-refractivity contribution in [2.45, 2.75) is 13.0 Å². The summed E-state index contributed by atoms with van der Waals surface area (Å²) in [7, 11) is 3.73. The Kier molecular flexibility index (Phi) is 4.98. The molecule has 0 fully saturated rings. The molecule has 0 spiro atoms. The van der Waals surface area contributed by atoms with Crippen LogP contribution in [0, 0.1) is 0 Å². The molecular formula is C19H19N7OS. The number of hydrogen-bond donors (Lipinski definition) is 1. The number of pyridine rings is 1. The normalized spacial score (nSPS) is 11.5. The second-order valence-corrected chi connectivity index (χ2v) is 7.46. The lowest BCUT2D eigenvalue weighted by Gasteiger charge is -2.11. The molecule has 0 unspecified atom stereocenters. The lowest BCUT2D eigenvalue weighted by molar-refractivity contribution is 0.111. The maximum absolute atomic E-state index is 11.7. The molecule has 8 nitrogen and oxygen atoms in total. The van der Waals surface area contributed by atoms with Gasteiger partial charge in [-0.15, -0.1) is 11.3 Å². The largest absolute Gasteiger partial charge is 0.325 e. The van der Waals surface area contributed by atoms with E-state index in [1.807, 2.05) is 42.9 Å². The number of H-pyrrole nitrogens is 1. The molecule has 0 atom stereocenters. The third kappa shape index (κ3) is 3.56. The Hall–Kier alpha value is -3.33. The summed E-state index contributed by atoms with van der Waals surface area (Å²) in [5, 5.41) is 14.2. The fraction of sp³-hybridized carbons (Fsp3) is 0.211. The number of aromatic amines is 1.